The van der Waals surface area contributed by atoms with Gasteiger partial charge in [0.1, 0.15) is 5.69 Å². The van der Waals surface area contributed by atoms with Gasteiger partial charge in [-0.25, -0.2) is 0 Å². The third-order valence-electron chi connectivity index (χ3n) is 5.99. The molecule has 0 spiro atoms. The summed E-state index contributed by atoms with van der Waals surface area (Å²) in [6, 6.07) is 34.4. The van der Waals surface area contributed by atoms with E-state index in [2.05, 4.69) is 59.3 Å². The molecule has 0 bridgehead atoms. The number of aromatic nitrogens is 2. The highest BCUT2D eigenvalue weighted by Gasteiger charge is 2.33. The van der Waals surface area contributed by atoms with E-state index in [1.807, 2.05) is 48.5 Å². The molecule has 148 valence electrons. The summed E-state index contributed by atoms with van der Waals surface area (Å²) >= 11 is 0. The fourth-order valence-electron chi connectivity index (χ4n) is 4.64. The van der Waals surface area contributed by atoms with Crippen molar-refractivity contribution in [2.24, 2.45) is 0 Å². The van der Waals surface area contributed by atoms with Crippen LogP contribution in [0.3, 0.4) is 0 Å². The van der Waals surface area contributed by atoms with Gasteiger partial charge in [-0.2, -0.15) is 8.96 Å². The molecular formula is C28H20FN2+. The van der Waals surface area contributed by atoms with Crippen LogP contribution in [-0.2, 0) is 6.54 Å². The Kier molecular flexibility index (Phi) is 4.07. The van der Waals surface area contributed by atoms with Crippen molar-refractivity contribution in [3.8, 4) is 39.3 Å². The third kappa shape index (κ3) is 2.82. The Balaban J connectivity index is 1.71. The second-order valence-corrected chi connectivity index (χ2v) is 7.82. The van der Waals surface area contributed by atoms with E-state index in [4.69, 9.17) is 0 Å². The minimum absolute atomic E-state index is 0.235. The van der Waals surface area contributed by atoms with Crippen LogP contribution in [0.1, 0.15) is 5.56 Å². The summed E-state index contributed by atoms with van der Waals surface area (Å²) in [4.78, 5) is 0. The molecule has 1 aliphatic heterocycles. The molecule has 3 aromatic carbocycles. The first-order chi connectivity index (χ1) is 15.3. The summed E-state index contributed by atoms with van der Waals surface area (Å²) in [5.74, 6) is -0.235. The monoisotopic (exact) mass is 403 g/mol. The molecule has 0 saturated heterocycles. The molecule has 0 aliphatic carbocycles. The number of fused-ring (bicyclic) bond motifs is 3. The largest absolute Gasteiger partial charge is 0.279 e. The predicted octanol–water partition coefficient (Wildman–Crippen LogP) is 6.27. The van der Waals surface area contributed by atoms with E-state index in [9.17, 15) is 0 Å². The van der Waals surface area contributed by atoms with Crippen molar-refractivity contribution >= 4 is 0 Å². The molecule has 0 atom stereocenters. The van der Waals surface area contributed by atoms with Gasteiger partial charge in [-0.3, -0.25) is 4.57 Å². The first-order valence-corrected chi connectivity index (χ1v) is 10.4. The molecule has 3 heterocycles. The maximum Gasteiger partial charge on any atom is 0.230 e. The summed E-state index contributed by atoms with van der Waals surface area (Å²) in [5.41, 5.74) is 7.98. The number of para-hydroxylation sites is 1. The lowest BCUT2D eigenvalue weighted by Gasteiger charge is -2.18. The maximum atomic E-state index is 15.6. The Hall–Kier alpha value is -3.98. The SMILES string of the molecule is Fc1cc2c(n1-c1c(-c3ccccc3)cccc1-c1ccccc1)-c1cccc[n+]1C2. The minimum atomic E-state index is -0.235. The lowest BCUT2D eigenvalue weighted by molar-refractivity contribution is -0.672. The molecule has 0 saturated carbocycles. The Morgan fingerprint density at radius 1 is 0.677 bits per heavy atom. The molecule has 2 nitrogen and oxygen atoms in total. The fraction of sp³-hybridized carbons (Fsp3) is 0.0357. The van der Waals surface area contributed by atoms with Crippen molar-refractivity contribution in [1.29, 1.82) is 0 Å². The van der Waals surface area contributed by atoms with Crippen LogP contribution in [0.15, 0.2) is 109 Å². The normalized spacial score (nSPS) is 11.9. The highest BCUT2D eigenvalue weighted by atomic mass is 19.1. The summed E-state index contributed by atoms with van der Waals surface area (Å²) in [6.45, 7) is 0.684. The topological polar surface area (TPSA) is 8.81 Å². The van der Waals surface area contributed by atoms with E-state index in [1.54, 1.807) is 10.6 Å². The number of nitrogens with zero attached hydrogens (tertiary/aromatic N) is 2. The molecule has 2 aromatic heterocycles. The molecule has 0 fully saturated rings. The Bertz CT molecular complexity index is 1340. The first-order valence-electron chi connectivity index (χ1n) is 10.4. The van der Waals surface area contributed by atoms with Crippen molar-refractivity contribution in [3.05, 3.63) is 121 Å². The predicted molar refractivity (Wildman–Crippen MR) is 121 cm³/mol. The summed E-state index contributed by atoms with van der Waals surface area (Å²) in [6.07, 6.45) is 2.05. The van der Waals surface area contributed by atoms with Crippen molar-refractivity contribution < 1.29 is 8.96 Å². The smallest absolute Gasteiger partial charge is 0.230 e. The number of pyridine rings is 1. The summed E-state index contributed by atoms with van der Waals surface area (Å²) in [5, 5.41) is 0. The Labute approximate surface area is 180 Å². The standard InChI is InChI=1S/C28H20FN2/c29-26-18-22-19-30-17-8-7-16-25(30)27(22)31(26)28-23(20-10-3-1-4-11-20)14-9-15-24(28)21-12-5-2-6-13-21/h1-18H,19H2/q+1. The lowest BCUT2D eigenvalue weighted by Crippen LogP contribution is -2.31. The second kappa shape index (κ2) is 7.06. The average Bonchev–Trinajstić information content (AvgIpc) is 3.34. The van der Waals surface area contributed by atoms with Crippen LogP contribution >= 0.6 is 0 Å². The Morgan fingerprint density at radius 2 is 1.29 bits per heavy atom. The van der Waals surface area contributed by atoms with Gasteiger partial charge in [0.05, 0.1) is 11.3 Å². The van der Waals surface area contributed by atoms with Crippen LogP contribution in [0.2, 0.25) is 0 Å². The van der Waals surface area contributed by atoms with E-state index < -0.39 is 0 Å². The van der Waals surface area contributed by atoms with Gasteiger partial charge in [0, 0.05) is 29.3 Å². The van der Waals surface area contributed by atoms with Gasteiger partial charge in [-0.05, 0) is 17.2 Å². The molecule has 6 rings (SSSR count). The highest BCUT2D eigenvalue weighted by Crippen LogP contribution is 2.41. The molecule has 5 aromatic rings. The molecule has 1 aliphatic rings. The van der Waals surface area contributed by atoms with Gasteiger partial charge in [-0.1, -0.05) is 78.9 Å². The van der Waals surface area contributed by atoms with Crippen LogP contribution in [-0.4, -0.2) is 4.57 Å². The van der Waals surface area contributed by atoms with Crippen molar-refractivity contribution in [2.45, 2.75) is 6.54 Å². The lowest BCUT2D eigenvalue weighted by atomic mass is 9.95. The molecule has 0 amide bonds. The highest BCUT2D eigenvalue weighted by molar-refractivity contribution is 5.87. The van der Waals surface area contributed by atoms with Crippen molar-refractivity contribution in [1.82, 2.24) is 4.57 Å². The van der Waals surface area contributed by atoms with Crippen LogP contribution in [0.4, 0.5) is 4.39 Å². The fourth-order valence-corrected chi connectivity index (χ4v) is 4.64. The van der Waals surface area contributed by atoms with E-state index >= 15 is 4.39 Å². The summed E-state index contributed by atoms with van der Waals surface area (Å²) < 4.78 is 19.6. The van der Waals surface area contributed by atoms with Crippen LogP contribution in [0.25, 0.3) is 39.3 Å². The minimum Gasteiger partial charge on any atom is -0.279 e. The zero-order valence-electron chi connectivity index (χ0n) is 16.9. The zero-order valence-corrected chi connectivity index (χ0v) is 16.9. The second-order valence-electron chi connectivity index (χ2n) is 7.82. The number of halogens is 1. The zero-order chi connectivity index (χ0) is 20.8. The van der Waals surface area contributed by atoms with Gasteiger partial charge in [0.15, 0.2) is 18.7 Å². The quantitative estimate of drug-likeness (QED) is 0.308. The number of hydrogen-bond donors (Lipinski definition) is 0. The maximum absolute atomic E-state index is 15.6. The first kappa shape index (κ1) is 17.8. The molecule has 31 heavy (non-hydrogen) atoms. The Morgan fingerprint density at radius 3 is 1.94 bits per heavy atom. The van der Waals surface area contributed by atoms with Gasteiger partial charge >= 0.3 is 0 Å². The van der Waals surface area contributed by atoms with Gasteiger partial charge in [-0.15, -0.1) is 0 Å². The van der Waals surface area contributed by atoms with Crippen LogP contribution in [0.5, 0.6) is 0 Å². The number of benzene rings is 3. The number of hydrogen-bond acceptors (Lipinski definition) is 0. The van der Waals surface area contributed by atoms with E-state index in [0.29, 0.717) is 6.54 Å². The van der Waals surface area contributed by atoms with E-state index in [1.165, 1.54) is 0 Å². The third-order valence-corrected chi connectivity index (χ3v) is 5.99. The molecular weight excluding hydrogens is 383 g/mol. The molecule has 0 unspecified atom stereocenters. The average molecular weight is 403 g/mol. The molecule has 3 heteroatoms. The van der Waals surface area contributed by atoms with E-state index in [-0.39, 0.29) is 5.95 Å². The van der Waals surface area contributed by atoms with Crippen LogP contribution in [0, 0.1) is 5.95 Å². The summed E-state index contributed by atoms with van der Waals surface area (Å²) in [7, 11) is 0. The van der Waals surface area contributed by atoms with E-state index in [0.717, 1.165) is 44.9 Å². The van der Waals surface area contributed by atoms with Crippen molar-refractivity contribution in [2.75, 3.05) is 0 Å². The van der Waals surface area contributed by atoms with Crippen molar-refractivity contribution in [3.63, 3.8) is 0 Å². The molecule has 0 radical (unpaired) electrons. The van der Waals surface area contributed by atoms with Crippen LogP contribution < -0.4 is 4.57 Å². The number of rotatable bonds is 3. The van der Waals surface area contributed by atoms with Gasteiger partial charge in [0.25, 0.3) is 0 Å². The van der Waals surface area contributed by atoms with Gasteiger partial charge in [0.2, 0.25) is 5.69 Å². The molecule has 0 N–H and O–H groups in total. The van der Waals surface area contributed by atoms with Gasteiger partial charge < -0.3 is 0 Å².